The number of nitrogens with two attached hydrogens (primary N) is 1. The maximum atomic E-state index is 13.0. The van der Waals surface area contributed by atoms with Gasteiger partial charge >= 0.3 is 0 Å². The van der Waals surface area contributed by atoms with Crippen molar-refractivity contribution in [1.82, 2.24) is 0 Å². The van der Waals surface area contributed by atoms with Gasteiger partial charge in [-0.3, -0.25) is 0 Å². The van der Waals surface area contributed by atoms with E-state index < -0.39 is 17.2 Å². The fraction of sp³-hybridized carbons (Fsp3) is 0.455. The van der Waals surface area contributed by atoms with Crippen molar-refractivity contribution in [3.05, 3.63) is 35.4 Å². The van der Waals surface area contributed by atoms with Crippen molar-refractivity contribution < 1.29 is 13.5 Å². The number of rotatable bonds is 4. The lowest BCUT2D eigenvalue weighted by molar-refractivity contribution is 0.172. The summed E-state index contributed by atoms with van der Waals surface area (Å²) in [7, 11) is 1.57. The third kappa shape index (κ3) is 2.97. The van der Waals surface area contributed by atoms with Crippen LogP contribution >= 0.6 is 0 Å². The lowest BCUT2D eigenvalue weighted by Gasteiger charge is -2.24. The lowest BCUT2D eigenvalue weighted by Crippen LogP contribution is -2.34. The predicted molar refractivity (Wildman–Crippen MR) is 54.4 cm³/mol. The molecule has 2 nitrogen and oxygen atoms in total. The van der Waals surface area contributed by atoms with E-state index in [9.17, 15) is 8.78 Å². The molecule has 1 unspecified atom stereocenters. The molecule has 0 aliphatic carbocycles. The number of benzene rings is 1. The van der Waals surface area contributed by atoms with Crippen LogP contribution in [0.3, 0.4) is 0 Å². The molecule has 15 heavy (non-hydrogen) atoms. The van der Waals surface area contributed by atoms with Crippen molar-refractivity contribution in [3.63, 3.8) is 0 Å². The Hall–Kier alpha value is -1.00. The normalized spacial score (nSPS) is 15.0. The summed E-state index contributed by atoms with van der Waals surface area (Å²) >= 11 is 0. The molecule has 0 amide bonds. The van der Waals surface area contributed by atoms with Crippen molar-refractivity contribution in [2.45, 2.75) is 18.9 Å². The lowest BCUT2D eigenvalue weighted by atomic mass is 9.90. The van der Waals surface area contributed by atoms with E-state index in [-0.39, 0.29) is 0 Å². The van der Waals surface area contributed by atoms with Crippen LogP contribution in [-0.2, 0) is 10.3 Å². The van der Waals surface area contributed by atoms with Gasteiger partial charge in [-0.05, 0) is 31.0 Å². The van der Waals surface area contributed by atoms with Crippen LogP contribution in [0.25, 0.3) is 0 Å². The standard InChI is InChI=1S/C11H15F2NO/c1-11(14,5-6-15-2)8-3-4-9(12)10(13)7-8/h3-4,7H,5-6,14H2,1-2H3. The molecule has 1 atom stereocenters. The molecule has 0 radical (unpaired) electrons. The van der Waals surface area contributed by atoms with Crippen LogP contribution in [0.5, 0.6) is 0 Å². The third-order valence-electron chi connectivity index (χ3n) is 2.40. The smallest absolute Gasteiger partial charge is 0.159 e. The first-order valence-electron chi connectivity index (χ1n) is 4.71. The number of hydrogen-bond donors (Lipinski definition) is 1. The van der Waals surface area contributed by atoms with Gasteiger partial charge in [-0.15, -0.1) is 0 Å². The largest absolute Gasteiger partial charge is 0.385 e. The second-order valence-corrected chi connectivity index (χ2v) is 3.79. The van der Waals surface area contributed by atoms with Gasteiger partial charge in [0.1, 0.15) is 0 Å². The summed E-state index contributed by atoms with van der Waals surface area (Å²) < 4.78 is 30.6. The van der Waals surface area contributed by atoms with E-state index >= 15 is 0 Å². The summed E-state index contributed by atoms with van der Waals surface area (Å²) in [5.41, 5.74) is 5.84. The van der Waals surface area contributed by atoms with Gasteiger partial charge in [-0.25, -0.2) is 8.78 Å². The fourth-order valence-corrected chi connectivity index (χ4v) is 1.31. The van der Waals surface area contributed by atoms with Crippen LogP contribution in [0.15, 0.2) is 18.2 Å². The van der Waals surface area contributed by atoms with Crippen LogP contribution in [0, 0.1) is 11.6 Å². The zero-order valence-corrected chi connectivity index (χ0v) is 8.89. The molecule has 1 aromatic carbocycles. The number of halogens is 2. The molecule has 0 spiro atoms. The highest BCUT2D eigenvalue weighted by Crippen LogP contribution is 2.23. The molecule has 1 rings (SSSR count). The Balaban J connectivity index is 2.89. The molecule has 1 aromatic rings. The van der Waals surface area contributed by atoms with Gasteiger partial charge in [0.25, 0.3) is 0 Å². The van der Waals surface area contributed by atoms with Crippen LogP contribution in [-0.4, -0.2) is 13.7 Å². The number of ether oxygens (including phenoxy) is 1. The van der Waals surface area contributed by atoms with Crippen molar-refractivity contribution in [3.8, 4) is 0 Å². The minimum atomic E-state index is -0.874. The van der Waals surface area contributed by atoms with Crippen molar-refractivity contribution in [2.24, 2.45) is 5.73 Å². The molecule has 4 heteroatoms. The van der Waals surface area contributed by atoms with Crippen molar-refractivity contribution in [1.29, 1.82) is 0 Å². The second-order valence-electron chi connectivity index (χ2n) is 3.79. The summed E-state index contributed by atoms with van der Waals surface area (Å²) in [5, 5.41) is 0. The van der Waals surface area contributed by atoms with E-state index in [1.807, 2.05) is 0 Å². The Morgan fingerprint density at radius 2 is 2.00 bits per heavy atom. The first-order valence-corrected chi connectivity index (χ1v) is 4.71. The van der Waals surface area contributed by atoms with Crippen LogP contribution in [0.2, 0.25) is 0 Å². The van der Waals surface area contributed by atoms with Crippen LogP contribution in [0.1, 0.15) is 18.9 Å². The van der Waals surface area contributed by atoms with Gasteiger partial charge in [-0.1, -0.05) is 6.07 Å². The van der Waals surface area contributed by atoms with Gasteiger partial charge in [0.05, 0.1) is 0 Å². The van der Waals surface area contributed by atoms with Gasteiger partial charge in [0, 0.05) is 19.3 Å². The van der Waals surface area contributed by atoms with Gasteiger partial charge in [-0.2, -0.15) is 0 Å². The summed E-state index contributed by atoms with van der Waals surface area (Å²) in [5.74, 6) is -1.73. The second kappa shape index (κ2) is 4.68. The summed E-state index contributed by atoms with van der Waals surface area (Å²) in [6, 6.07) is 3.71. The Bertz CT molecular complexity index is 339. The molecule has 0 fully saturated rings. The molecule has 0 bridgehead atoms. The first-order chi connectivity index (χ1) is 6.97. The zero-order valence-electron chi connectivity index (χ0n) is 8.89. The summed E-state index contributed by atoms with van der Waals surface area (Å²) in [4.78, 5) is 0. The van der Waals surface area contributed by atoms with Crippen molar-refractivity contribution >= 4 is 0 Å². The Morgan fingerprint density at radius 3 is 2.53 bits per heavy atom. The van der Waals surface area contributed by atoms with E-state index in [0.717, 1.165) is 12.1 Å². The Labute approximate surface area is 88.0 Å². The van der Waals surface area contributed by atoms with E-state index in [0.29, 0.717) is 18.6 Å². The van der Waals surface area contributed by atoms with E-state index in [4.69, 9.17) is 10.5 Å². The number of methoxy groups -OCH3 is 1. The van der Waals surface area contributed by atoms with Crippen molar-refractivity contribution in [2.75, 3.05) is 13.7 Å². The molecule has 84 valence electrons. The van der Waals surface area contributed by atoms with Crippen LogP contribution < -0.4 is 5.73 Å². The quantitative estimate of drug-likeness (QED) is 0.835. The maximum Gasteiger partial charge on any atom is 0.159 e. The van der Waals surface area contributed by atoms with E-state index in [1.165, 1.54) is 6.07 Å². The van der Waals surface area contributed by atoms with Crippen LogP contribution in [0.4, 0.5) is 8.78 Å². The predicted octanol–water partition coefficient (Wildman–Crippen LogP) is 2.18. The molecule has 2 N–H and O–H groups in total. The molecule has 0 aromatic heterocycles. The van der Waals surface area contributed by atoms with Gasteiger partial charge < -0.3 is 10.5 Å². The molecule has 0 heterocycles. The fourth-order valence-electron chi connectivity index (χ4n) is 1.31. The average molecular weight is 215 g/mol. The Morgan fingerprint density at radius 1 is 1.33 bits per heavy atom. The highest BCUT2D eigenvalue weighted by molar-refractivity contribution is 5.24. The first kappa shape index (κ1) is 12.1. The highest BCUT2D eigenvalue weighted by Gasteiger charge is 2.21. The highest BCUT2D eigenvalue weighted by atomic mass is 19.2. The minimum Gasteiger partial charge on any atom is -0.385 e. The monoisotopic (exact) mass is 215 g/mol. The number of hydrogen-bond acceptors (Lipinski definition) is 2. The summed E-state index contributed by atoms with van der Waals surface area (Å²) in [6.45, 7) is 2.24. The molecular weight excluding hydrogens is 200 g/mol. The van der Waals surface area contributed by atoms with E-state index in [2.05, 4.69) is 0 Å². The van der Waals surface area contributed by atoms with E-state index in [1.54, 1.807) is 14.0 Å². The Kier molecular flexibility index (Phi) is 3.77. The van der Waals surface area contributed by atoms with Gasteiger partial charge in [0.2, 0.25) is 0 Å². The van der Waals surface area contributed by atoms with Gasteiger partial charge in [0.15, 0.2) is 11.6 Å². The zero-order chi connectivity index (χ0) is 11.5. The third-order valence-corrected chi connectivity index (χ3v) is 2.40. The summed E-state index contributed by atoms with van der Waals surface area (Å²) in [6.07, 6.45) is 0.550. The maximum absolute atomic E-state index is 13.0. The molecule has 0 saturated heterocycles. The minimum absolute atomic E-state index is 0.478. The SMILES string of the molecule is COCCC(C)(N)c1ccc(F)c(F)c1. The average Bonchev–Trinajstić information content (AvgIpc) is 2.19. The molecule has 0 saturated carbocycles. The molecule has 0 aliphatic rings. The molecule has 0 aliphatic heterocycles. The molecular formula is C11H15F2NO. The topological polar surface area (TPSA) is 35.2 Å².